The number of nitrogens with one attached hydrogen (secondary N) is 1. The molecule has 0 bridgehead atoms. The molecule has 1 aromatic rings. The number of carbonyl (C=O) groups is 1. The zero-order valence-corrected chi connectivity index (χ0v) is 12.9. The molecule has 3 N–H and O–H groups in total. The van der Waals surface area contributed by atoms with Gasteiger partial charge in [-0.2, -0.15) is 0 Å². The first-order chi connectivity index (χ1) is 9.24. The van der Waals surface area contributed by atoms with Crippen LogP contribution in [0.1, 0.15) is 31.2 Å². The van der Waals surface area contributed by atoms with Crippen LogP contribution in [0.25, 0.3) is 0 Å². The van der Waals surface area contributed by atoms with Crippen LogP contribution in [0.2, 0.25) is 0 Å². The van der Waals surface area contributed by atoms with Crippen LogP contribution in [-0.2, 0) is 16.0 Å². The summed E-state index contributed by atoms with van der Waals surface area (Å²) in [6.07, 6.45) is 4.32. The summed E-state index contributed by atoms with van der Waals surface area (Å²) >= 11 is 0. The summed E-state index contributed by atoms with van der Waals surface area (Å²) in [4.78, 5) is 11.6. The number of methoxy groups -OCH3 is 1. The van der Waals surface area contributed by atoms with Crippen molar-refractivity contribution in [2.45, 2.75) is 32.1 Å². The smallest absolute Gasteiger partial charge is 0.220 e. The van der Waals surface area contributed by atoms with Crippen LogP contribution in [-0.4, -0.2) is 26.2 Å². The average molecular weight is 301 g/mol. The van der Waals surface area contributed by atoms with E-state index in [2.05, 4.69) is 5.32 Å². The van der Waals surface area contributed by atoms with Gasteiger partial charge in [-0.15, -0.1) is 12.4 Å². The number of aryl methyl sites for hydroxylation is 1. The van der Waals surface area contributed by atoms with E-state index in [0.29, 0.717) is 12.8 Å². The average Bonchev–Trinajstić information content (AvgIpc) is 2.42. The number of hydrogen-bond donors (Lipinski definition) is 2. The Bertz CT molecular complexity index is 386. The molecule has 1 aromatic carbocycles. The van der Waals surface area contributed by atoms with Crippen LogP contribution < -0.4 is 11.1 Å². The predicted octanol–water partition coefficient (Wildman–Crippen LogP) is 2.56. The number of nitrogen functional groups attached to an aromatic ring is 1. The van der Waals surface area contributed by atoms with E-state index in [0.717, 1.165) is 43.7 Å². The Morgan fingerprint density at radius 2 is 2.00 bits per heavy atom. The molecule has 0 radical (unpaired) electrons. The largest absolute Gasteiger partial charge is 0.399 e. The van der Waals surface area contributed by atoms with Crippen LogP contribution in [0.15, 0.2) is 24.3 Å². The molecule has 1 amide bonds. The summed E-state index contributed by atoms with van der Waals surface area (Å²) in [5, 5.41) is 2.93. The molecule has 0 saturated carbocycles. The molecule has 0 heterocycles. The van der Waals surface area contributed by atoms with Gasteiger partial charge in [-0.05, 0) is 37.3 Å². The van der Waals surface area contributed by atoms with Crippen LogP contribution in [0, 0.1) is 0 Å². The summed E-state index contributed by atoms with van der Waals surface area (Å²) in [5.41, 5.74) is 7.63. The van der Waals surface area contributed by atoms with Crippen molar-refractivity contribution in [3.63, 3.8) is 0 Å². The molecular formula is C15H25ClN2O2. The molecule has 0 spiro atoms. The van der Waals surface area contributed by atoms with E-state index in [1.807, 2.05) is 24.3 Å². The summed E-state index contributed by atoms with van der Waals surface area (Å²) in [5.74, 6) is 0.0926. The summed E-state index contributed by atoms with van der Waals surface area (Å²) in [7, 11) is 1.71. The van der Waals surface area contributed by atoms with Crippen LogP contribution >= 0.6 is 12.4 Å². The van der Waals surface area contributed by atoms with Gasteiger partial charge in [0.25, 0.3) is 0 Å². The van der Waals surface area contributed by atoms with Crippen LogP contribution in [0.3, 0.4) is 0 Å². The molecular weight excluding hydrogens is 276 g/mol. The fourth-order valence-electron chi connectivity index (χ4n) is 1.87. The number of benzene rings is 1. The van der Waals surface area contributed by atoms with Gasteiger partial charge in [0.05, 0.1) is 0 Å². The number of para-hydroxylation sites is 1. The van der Waals surface area contributed by atoms with Crippen molar-refractivity contribution in [2.75, 3.05) is 26.0 Å². The third-order valence-electron chi connectivity index (χ3n) is 3.02. The topological polar surface area (TPSA) is 64.3 Å². The monoisotopic (exact) mass is 300 g/mol. The summed E-state index contributed by atoms with van der Waals surface area (Å²) in [6.45, 7) is 1.54. The lowest BCUT2D eigenvalue weighted by molar-refractivity contribution is -0.121. The highest BCUT2D eigenvalue weighted by Gasteiger charge is 2.03. The SMILES string of the molecule is COCCCCCNC(=O)CCc1ccccc1N.Cl. The highest BCUT2D eigenvalue weighted by molar-refractivity contribution is 5.85. The maximum absolute atomic E-state index is 11.6. The minimum atomic E-state index is 0. The molecule has 5 heteroatoms. The fraction of sp³-hybridized carbons (Fsp3) is 0.533. The molecule has 1 rings (SSSR count). The number of unbranched alkanes of at least 4 members (excludes halogenated alkanes) is 2. The van der Waals surface area contributed by atoms with Crippen molar-refractivity contribution in [1.29, 1.82) is 0 Å². The van der Waals surface area contributed by atoms with E-state index >= 15 is 0 Å². The Hall–Kier alpha value is -1.26. The minimum Gasteiger partial charge on any atom is -0.399 e. The molecule has 0 unspecified atom stereocenters. The van der Waals surface area contributed by atoms with Crippen LogP contribution in [0.5, 0.6) is 0 Å². The van der Waals surface area contributed by atoms with Gasteiger partial charge in [0.1, 0.15) is 0 Å². The van der Waals surface area contributed by atoms with Gasteiger partial charge in [-0.3, -0.25) is 4.79 Å². The number of amides is 1. The second-order valence-electron chi connectivity index (χ2n) is 4.60. The lowest BCUT2D eigenvalue weighted by atomic mass is 10.1. The normalized spacial score (nSPS) is 9.85. The molecule has 0 saturated heterocycles. The second-order valence-corrected chi connectivity index (χ2v) is 4.60. The van der Waals surface area contributed by atoms with Gasteiger partial charge in [0.2, 0.25) is 5.91 Å². The van der Waals surface area contributed by atoms with Crippen molar-refractivity contribution < 1.29 is 9.53 Å². The molecule has 0 aliphatic heterocycles. The Balaban J connectivity index is 0.00000361. The lowest BCUT2D eigenvalue weighted by Gasteiger charge is -2.07. The summed E-state index contributed by atoms with van der Waals surface area (Å²) in [6, 6.07) is 7.68. The molecule has 20 heavy (non-hydrogen) atoms. The number of carbonyl (C=O) groups excluding carboxylic acids is 1. The van der Waals surface area contributed by atoms with Crippen molar-refractivity contribution in [1.82, 2.24) is 5.32 Å². The highest BCUT2D eigenvalue weighted by atomic mass is 35.5. The number of ether oxygens (including phenoxy) is 1. The Morgan fingerprint density at radius 3 is 2.70 bits per heavy atom. The molecule has 0 atom stereocenters. The standard InChI is InChI=1S/C15H24N2O2.ClH/c1-19-12-6-2-5-11-17-15(18)10-9-13-7-3-4-8-14(13)16;/h3-4,7-8H,2,5-6,9-12,16H2,1H3,(H,17,18);1H. The van der Waals surface area contributed by atoms with Gasteiger partial charge >= 0.3 is 0 Å². The van der Waals surface area contributed by atoms with Gasteiger partial charge in [-0.1, -0.05) is 18.2 Å². The number of nitrogens with two attached hydrogens (primary N) is 1. The van der Waals surface area contributed by atoms with E-state index in [-0.39, 0.29) is 18.3 Å². The van der Waals surface area contributed by atoms with E-state index in [1.165, 1.54) is 0 Å². The number of anilines is 1. The number of hydrogen-bond acceptors (Lipinski definition) is 3. The molecule has 4 nitrogen and oxygen atoms in total. The zero-order chi connectivity index (χ0) is 13.9. The van der Waals surface area contributed by atoms with E-state index in [9.17, 15) is 4.79 Å². The van der Waals surface area contributed by atoms with Gasteiger partial charge < -0.3 is 15.8 Å². The first-order valence-electron chi connectivity index (χ1n) is 6.83. The van der Waals surface area contributed by atoms with E-state index < -0.39 is 0 Å². The third kappa shape index (κ3) is 8.02. The zero-order valence-electron chi connectivity index (χ0n) is 12.1. The van der Waals surface area contributed by atoms with Gasteiger partial charge in [0, 0.05) is 32.4 Å². The van der Waals surface area contributed by atoms with Crippen molar-refractivity contribution in [2.24, 2.45) is 0 Å². The fourth-order valence-corrected chi connectivity index (χ4v) is 1.87. The number of rotatable bonds is 9. The second kappa shape index (κ2) is 11.6. The highest BCUT2D eigenvalue weighted by Crippen LogP contribution is 2.12. The maximum Gasteiger partial charge on any atom is 0.220 e. The van der Waals surface area contributed by atoms with E-state index in [4.69, 9.17) is 10.5 Å². The molecule has 0 fully saturated rings. The van der Waals surface area contributed by atoms with Crippen molar-refractivity contribution in [3.05, 3.63) is 29.8 Å². The maximum atomic E-state index is 11.6. The first kappa shape index (κ1) is 18.7. The predicted molar refractivity (Wildman–Crippen MR) is 85.2 cm³/mol. The third-order valence-corrected chi connectivity index (χ3v) is 3.02. The molecule has 0 aliphatic carbocycles. The lowest BCUT2D eigenvalue weighted by Crippen LogP contribution is -2.24. The molecule has 114 valence electrons. The first-order valence-corrected chi connectivity index (χ1v) is 6.83. The molecule has 0 aromatic heterocycles. The number of halogens is 1. The Morgan fingerprint density at radius 1 is 1.25 bits per heavy atom. The van der Waals surface area contributed by atoms with Crippen LogP contribution in [0.4, 0.5) is 5.69 Å². The van der Waals surface area contributed by atoms with Gasteiger partial charge in [0.15, 0.2) is 0 Å². The Kier molecular flexibility index (Phi) is 10.8. The van der Waals surface area contributed by atoms with E-state index in [1.54, 1.807) is 7.11 Å². The Labute approximate surface area is 127 Å². The van der Waals surface area contributed by atoms with Crippen molar-refractivity contribution in [3.8, 4) is 0 Å². The molecule has 0 aliphatic rings. The van der Waals surface area contributed by atoms with Crippen molar-refractivity contribution >= 4 is 24.0 Å². The van der Waals surface area contributed by atoms with Gasteiger partial charge in [-0.25, -0.2) is 0 Å². The summed E-state index contributed by atoms with van der Waals surface area (Å²) < 4.78 is 4.97. The minimum absolute atomic E-state index is 0. The quantitative estimate of drug-likeness (QED) is 0.544.